The summed E-state index contributed by atoms with van der Waals surface area (Å²) in [5.41, 5.74) is 1.55. The Morgan fingerprint density at radius 1 is 1.41 bits per heavy atom. The van der Waals surface area contributed by atoms with E-state index in [4.69, 9.17) is 0 Å². The highest BCUT2D eigenvalue weighted by atomic mass is 16.3. The van der Waals surface area contributed by atoms with Gasteiger partial charge in [0.1, 0.15) is 5.75 Å². The molecule has 0 amide bonds. The van der Waals surface area contributed by atoms with Crippen molar-refractivity contribution in [1.29, 1.82) is 0 Å². The van der Waals surface area contributed by atoms with Gasteiger partial charge in [-0.2, -0.15) is 0 Å². The zero-order valence-electron chi connectivity index (χ0n) is 11.0. The predicted octanol–water partition coefficient (Wildman–Crippen LogP) is 3.62. The molecule has 2 rings (SSSR count). The molecule has 0 saturated heterocycles. The van der Waals surface area contributed by atoms with Gasteiger partial charge in [0.25, 0.3) is 0 Å². The molecule has 94 valence electrons. The minimum atomic E-state index is 0.296. The summed E-state index contributed by atoms with van der Waals surface area (Å²) < 4.78 is 0. The molecule has 1 aliphatic carbocycles. The maximum absolute atomic E-state index is 9.50. The summed E-state index contributed by atoms with van der Waals surface area (Å²) in [5, 5.41) is 13.2. The first kappa shape index (κ1) is 12.4. The summed E-state index contributed by atoms with van der Waals surface area (Å²) in [4.78, 5) is 0. The molecule has 1 fully saturated rings. The summed E-state index contributed by atoms with van der Waals surface area (Å²) in [6, 6.07) is 8.42. The molecule has 0 radical (unpaired) electrons. The molecule has 1 saturated carbocycles. The van der Waals surface area contributed by atoms with Crippen molar-refractivity contribution in [3.05, 3.63) is 29.8 Å². The highest BCUT2D eigenvalue weighted by molar-refractivity contribution is 5.29. The van der Waals surface area contributed by atoms with E-state index in [2.05, 4.69) is 32.2 Å². The second-order valence-electron chi connectivity index (χ2n) is 5.92. The molecular weight excluding hydrogens is 210 g/mol. The van der Waals surface area contributed by atoms with Crippen molar-refractivity contribution in [3.63, 3.8) is 0 Å². The van der Waals surface area contributed by atoms with Gasteiger partial charge in [0.15, 0.2) is 0 Å². The fraction of sp³-hybridized carbons (Fsp3) is 0.600. The van der Waals surface area contributed by atoms with Gasteiger partial charge in [0.05, 0.1) is 0 Å². The van der Waals surface area contributed by atoms with Crippen LogP contribution in [0, 0.1) is 5.41 Å². The van der Waals surface area contributed by atoms with Crippen LogP contribution in [0.5, 0.6) is 5.75 Å². The Balaban J connectivity index is 2.04. The van der Waals surface area contributed by atoms with Crippen LogP contribution in [0.3, 0.4) is 0 Å². The second-order valence-corrected chi connectivity index (χ2v) is 5.92. The van der Waals surface area contributed by atoms with Crippen LogP contribution in [0.25, 0.3) is 0 Å². The number of phenols is 1. The number of hydrogen-bond acceptors (Lipinski definition) is 2. The van der Waals surface area contributed by atoms with Crippen LogP contribution >= 0.6 is 0 Å². The lowest BCUT2D eigenvalue weighted by Gasteiger charge is -2.31. The molecule has 1 aromatic rings. The fourth-order valence-electron chi connectivity index (χ4n) is 2.83. The third-order valence-electron chi connectivity index (χ3n) is 4.08. The van der Waals surface area contributed by atoms with Gasteiger partial charge in [-0.1, -0.05) is 32.4 Å². The summed E-state index contributed by atoms with van der Waals surface area (Å²) in [6.07, 6.45) is 3.88. The van der Waals surface area contributed by atoms with E-state index in [1.165, 1.54) is 19.3 Å². The molecule has 1 aliphatic rings. The maximum atomic E-state index is 9.50. The predicted molar refractivity (Wildman–Crippen MR) is 71.1 cm³/mol. The minimum absolute atomic E-state index is 0.296. The number of benzene rings is 1. The minimum Gasteiger partial charge on any atom is -0.508 e. The molecule has 2 unspecified atom stereocenters. The van der Waals surface area contributed by atoms with E-state index < -0.39 is 0 Å². The molecule has 0 spiro atoms. The van der Waals surface area contributed by atoms with Crippen molar-refractivity contribution in [3.8, 4) is 5.75 Å². The Kier molecular flexibility index (Phi) is 3.43. The molecule has 17 heavy (non-hydrogen) atoms. The summed E-state index contributed by atoms with van der Waals surface area (Å²) in [5.74, 6) is 0.349. The topological polar surface area (TPSA) is 32.3 Å². The van der Waals surface area contributed by atoms with Gasteiger partial charge in [-0.3, -0.25) is 0 Å². The average Bonchev–Trinajstić information content (AvgIpc) is 2.58. The van der Waals surface area contributed by atoms with E-state index in [0.29, 0.717) is 23.2 Å². The standard InChI is InChI=1S/C15H23NO/c1-11(12-6-4-7-13(17)10-12)16-14-8-5-9-15(14,2)3/h4,6-7,10-11,14,16-17H,5,8-9H2,1-3H3. The van der Waals surface area contributed by atoms with Crippen molar-refractivity contribution in [2.75, 3.05) is 0 Å². The Morgan fingerprint density at radius 2 is 2.18 bits per heavy atom. The van der Waals surface area contributed by atoms with Crippen LogP contribution in [-0.4, -0.2) is 11.1 Å². The number of phenolic OH excluding ortho intramolecular Hbond substituents is 1. The number of aromatic hydroxyl groups is 1. The Labute approximate surface area is 104 Å². The van der Waals surface area contributed by atoms with Crippen molar-refractivity contribution in [2.24, 2.45) is 5.41 Å². The Morgan fingerprint density at radius 3 is 2.76 bits per heavy atom. The van der Waals surface area contributed by atoms with Crippen molar-refractivity contribution in [2.45, 2.75) is 52.1 Å². The van der Waals surface area contributed by atoms with Crippen molar-refractivity contribution in [1.82, 2.24) is 5.32 Å². The van der Waals surface area contributed by atoms with Crippen LogP contribution < -0.4 is 5.32 Å². The number of rotatable bonds is 3. The molecule has 2 nitrogen and oxygen atoms in total. The van der Waals surface area contributed by atoms with Gasteiger partial charge in [0, 0.05) is 12.1 Å². The van der Waals surface area contributed by atoms with E-state index in [1.54, 1.807) is 6.07 Å². The lowest BCUT2D eigenvalue weighted by atomic mass is 9.86. The van der Waals surface area contributed by atoms with E-state index in [9.17, 15) is 5.11 Å². The molecule has 2 atom stereocenters. The third kappa shape index (κ3) is 2.81. The molecule has 0 heterocycles. The molecule has 2 N–H and O–H groups in total. The quantitative estimate of drug-likeness (QED) is 0.835. The van der Waals surface area contributed by atoms with Crippen LogP contribution in [-0.2, 0) is 0 Å². The van der Waals surface area contributed by atoms with E-state index in [0.717, 1.165) is 5.56 Å². The lowest BCUT2D eigenvalue weighted by molar-refractivity contribution is 0.266. The lowest BCUT2D eigenvalue weighted by Crippen LogP contribution is -2.39. The zero-order valence-corrected chi connectivity index (χ0v) is 11.0. The van der Waals surface area contributed by atoms with Gasteiger partial charge in [-0.05, 0) is 42.9 Å². The Hall–Kier alpha value is -1.02. The zero-order chi connectivity index (χ0) is 12.5. The maximum Gasteiger partial charge on any atom is 0.115 e. The van der Waals surface area contributed by atoms with Gasteiger partial charge in [-0.25, -0.2) is 0 Å². The van der Waals surface area contributed by atoms with E-state index in [1.807, 2.05) is 12.1 Å². The van der Waals surface area contributed by atoms with Gasteiger partial charge in [-0.15, -0.1) is 0 Å². The largest absolute Gasteiger partial charge is 0.508 e. The molecule has 0 aliphatic heterocycles. The van der Waals surface area contributed by atoms with Crippen LogP contribution in [0.1, 0.15) is 51.6 Å². The van der Waals surface area contributed by atoms with Gasteiger partial charge >= 0.3 is 0 Å². The first-order chi connectivity index (χ1) is 7.99. The molecule has 0 bridgehead atoms. The summed E-state index contributed by atoms with van der Waals surface area (Å²) >= 11 is 0. The van der Waals surface area contributed by atoms with E-state index in [-0.39, 0.29) is 0 Å². The second kappa shape index (κ2) is 4.69. The highest BCUT2D eigenvalue weighted by Crippen LogP contribution is 2.38. The fourth-order valence-corrected chi connectivity index (χ4v) is 2.83. The van der Waals surface area contributed by atoms with E-state index >= 15 is 0 Å². The van der Waals surface area contributed by atoms with Crippen molar-refractivity contribution < 1.29 is 5.11 Å². The van der Waals surface area contributed by atoms with Gasteiger partial charge < -0.3 is 10.4 Å². The average molecular weight is 233 g/mol. The normalized spacial score (nSPS) is 24.8. The molecule has 2 heteroatoms. The van der Waals surface area contributed by atoms with Gasteiger partial charge in [0.2, 0.25) is 0 Å². The van der Waals surface area contributed by atoms with Crippen molar-refractivity contribution >= 4 is 0 Å². The number of nitrogens with one attached hydrogen (secondary N) is 1. The molecule has 1 aromatic carbocycles. The first-order valence-corrected chi connectivity index (χ1v) is 6.54. The molecular formula is C15H23NO. The monoisotopic (exact) mass is 233 g/mol. The van der Waals surface area contributed by atoms with Crippen LogP contribution in [0.15, 0.2) is 24.3 Å². The first-order valence-electron chi connectivity index (χ1n) is 6.54. The third-order valence-corrected chi connectivity index (χ3v) is 4.08. The van der Waals surface area contributed by atoms with Crippen LogP contribution in [0.4, 0.5) is 0 Å². The SMILES string of the molecule is CC(NC1CCCC1(C)C)c1cccc(O)c1. The highest BCUT2D eigenvalue weighted by Gasteiger charge is 2.34. The number of hydrogen-bond donors (Lipinski definition) is 2. The Bertz CT molecular complexity index is 386. The summed E-state index contributed by atoms with van der Waals surface area (Å²) in [6.45, 7) is 6.85. The summed E-state index contributed by atoms with van der Waals surface area (Å²) in [7, 11) is 0. The molecule has 0 aromatic heterocycles. The smallest absolute Gasteiger partial charge is 0.115 e. The van der Waals surface area contributed by atoms with Crippen LogP contribution in [0.2, 0.25) is 0 Å².